The standard InChI is InChI=1S/C22H14N2O5/c25-20-11-10-18(24(27)28)12-17(20)13-19-22(26)29-21(23-19)16-8-6-15(7-9-16)14-4-2-1-3-5-14/h1-13,25H/p-1/b19-13-. The van der Waals surface area contributed by atoms with Crippen molar-refractivity contribution in [2.24, 2.45) is 4.99 Å². The van der Waals surface area contributed by atoms with Gasteiger partial charge in [-0.3, -0.25) is 10.1 Å². The number of ether oxygens (including phenoxy) is 1. The number of hydrogen-bond acceptors (Lipinski definition) is 6. The number of rotatable bonds is 4. The van der Waals surface area contributed by atoms with Crippen LogP contribution < -0.4 is 5.11 Å². The normalized spacial score (nSPS) is 14.6. The summed E-state index contributed by atoms with van der Waals surface area (Å²) in [6.45, 7) is 0. The SMILES string of the molecule is O=C1OC(c2ccc(-c3ccccc3)cc2)=N/C1=C\c1cc([N+](=O)[O-])ccc1[O-]. The van der Waals surface area contributed by atoms with E-state index in [1.807, 2.05) is 42.5 Å². The van der Waals surface area contributed by atoms with Gasteiger partial charge < -0.3 is 9.84 Å². The van der Waals surface area contributed by atoms with E-state index in [-0.39, 0.29) is 22.8 Å². The number of nitro benzene ring substituents is 1. The van der Waals surface area contributed by atoms with Crippen molar-refractivity contribution in [3.63, 3.8) is 0 Å². The third kappa shape index (κ3) is 3.74. The molecule has 0 saturated carbocycles. The molecule has 1 heterocycles. The second-order valence-corrected chi connectivity index (χ2v) is 6.26. The number of hydrogen-bond donors (Lipinski definition) is 0. The van der Waals surface area contributed by atoms with Crippen LogP contribution in [0.3, 0.4) is 0 Å². The number of benzene rings is 3. The zero-order valence-electron chi connectivity index (χ0n) is 14.9. The van der Waals surface area contributed by atoms with Gasteiger partial charge in [0.2, 0.25) is 5.90 Å². The molecule has 0 radical (unpaired) electrons. The number of nitrogens with zero attached hydrogens (tertiary/aromatic N) is 2. The molecule has 3 aromatic rings. The molecule has 7 nitrogen and oxygen atoms in total. The van der Waals surface area contributed by atoms with Crippen LogP contribution in [0.4, 0.5) is 5.69 Å². The van der Waals surface area contributed by atoms with Crippen molar-refractivity contribution in [1.82, 2.24) is 0 Å². The first-order valence-electron chi connectivity index (χ1n) is 8.65. The van der Waals surface area contributed by atoms with Gasteiger partial charge in [0.05, 0.1) is 4.92 Å². The molecule has 0 saturated heterocycles. The minimum absolute atomic E-state index is 0.00410. The molecule has 142 valence electrons. The lowest BCUT2D eigenvalue weighted by Crippen LogP contribution is -2.05. The van der Waals surface area contributed by atoms with E-state index in [2.05, 4.69) is 4.99 Å². The third-order valence-electron chi connectivity index (χ3n) is 4.36. The topological polar surface area (TPSA) is 105 Å². The Balaban J connectivity index is 1.63. The number of carbonyl (C=O) groups is 1. The van der Waals surface area contributed by atoms with Crippen molar-refractivity contribution < 1.29 is 19.6 Å². The number of aliphatic imine (C=N–C) groups is 1. The van der Waals surface area contributed by atoms with Crippen LogP contribution in [0.5, 0.6) is 5.75 Å². The van der Waals surface area contributed by atoms with Crippen molar-refractivity contribution in [2.45, 2.75) is 0 Å². The number of cyclic esters (lactones) is 1. The van der Waals surface area contributed by atoms with Crippen LogP contribution >= 0.6 is 0 Å². The van der Waals surface area contributed by atoms with Crippen LogP contribution in [0.2, 0.25) is 0 Å². The van der Waals surface area contributed by atoms with Gasteiger partial charge in [0, 0.05) is 17.7 Å². The van der Waals surface area contributed by atoms with Crippen LogP contribution in [0.1, 0.15) is 11.1 Å². The number of esters is 1. The summed E-state index contributed by atoms with van der Waals surface area (Å²) >= 11 is 0. The van der Waals surface area contributed by atoms with Gasteiger partial charge in [0.1, 0.15) is 0 Å². The van der Waals surface area contributed by atoms with Gasteiger partial charge >= 0.3 is 5.97 Å². The van der Waals surface area contributed by atoms with Crippen molar-refractivity contribution in [2.75, 3.05) is 0 Å². The monoisotopic (exact) mass is 385 g/mol. The maximum absolute atomic E-state index is 12.1. The minimum Gasteiger partial charge on any atom is -0.872 e. The molecular formula is C22H13N2O5-. The summed E-state index contributed by atoms with van der Waals surface area (Å²) in [5, 5.41) is 22.8. The molecule has 29 heavy (non-hydrogen) atoms. The van der Waals surface area contributed by atoms with E-state index in [9.17, 15) is 20.0 Å². The Bertz CT molecular complexity index is 1170. The molecule has 0 bridgehead atoms. The van der Waals surface area contributed by atoms with Crippen LogP contribution in [-0.4, -0.2) is 16.8 Å². The van der Waals surface area contributed by atoms with Crippen LogP contribution in [0, 0.1) is 10.1 Å². The summed E-state index contributed by atoms with van der Waals surface area (Å²) in [5.41, 5.74) is 2.31. The average Bonchev–Trinajstić information content (AvgIpc) is 3.10. The first-order valence-corrected chi connectivity index (χ1v) is 8.65. The van der Waals surface area contributed by atoms with E-state index in [0.29, 0.717) is 5.56 Å². The fraction of sp³-hybridized carbons (Fsp3) is 0. The van der Waals surface area contributed by atoms with Gasteiger partial charge in [-0.05, 0) is 34.9 Å². The maximum Gasteiger partial charge on any atom is 0.363 e. The Morgan fingerprint density at radius 2 is 1.55 bits per heavy atom. The quantitative estimate of drug-likeness (QED) is 0.295. The van der Waals surface area contributed by atoms with Crippen LogP contribution in [0.25, 0.3) is 17.2 Å². The molecule has 4 rings (SSSR count). The summed E-state index contributed by atoms with van der Waals surface area (Å²) in [5.74, 6) is -1.07. The summed E-state index contributed by atoms with van der Waals surface area (Å²) < 4.78 is 5.20. The highest BCUT2D eigenvalue weighted by atomic mass is 16.6. The van der Waals surface area contributed by atoms with Gasteiger partial charge in [0.15, 0.2) is 5.70 Å². The zero-order valence-corrected chi connectivity index (χ0v) is 14.9. The average molecular weight is 385 g/mol. The van der Waals surface area contributed by atoms with Gasteiger partial charge in [-0.2, -0.15) is 0 Å². The Morgan fingerprint density at radius 1 is 0.897 bits per heavy atom. The fourth-order valence-electron chi connectivity index (χ4n) is 2.88. The van der Waals surface area contributed by atoms with E-state index < -0.39 is 16.6 Å². The molecule has 1 aliphatic rings. The number of nitro groups is 1. The minimum atomic E-state index is -0.724. The summed E-state index contributed by atoms with van der Waals surface area (Å²) in [7, 11) is 0. The van der Waals surface area contributed by atoms with E-state index >= 15 is 0 Å². The van der Waals surface area contributed by atoms with Crippen LogP contribution in [0.15, 0.2) is 83.5 Å². The van der Waals surface area contributed by atoms with Gasteiger partial charge in [-0.25, -0.2) is 9.79 Å². The predicted octanol–water partition coefficient (Wildman–Crippen LogP) is 3.68. The summed E-state index contributed by atoms with van der Waals surface area (Å²) in [6.07, 6.45) is 1.20. The molecule has 0 spiro atoms. The molecule has 0 unspecified atom stereocenters. The fourth-order valence-corrected chi connectivity index (χ4v) is 2.88. The molecule has 1 aliphatic heterocycles. The Labute approximate surface area is 165 Å². The molecule has 0 amide bonds. The van der Waals surface area contributed by atoms with Gasteiger partial charge in [-0.15, -0.1) is 5.75 Å². The van der Waals surface area contributed by atoms with E-state index in [0.717, 1.165) is 29.3 Å². The predicted molar refractivity (Wildman–Crippen MR) is 105 cm³/mol. The summed E-state index contributed by atoms with van der Waals surface area (Å²) in [4.78, 5) is 26.6. The lowest BCUT2D eigenvalue weighted by atomic mass is 10.0. The van der Waals surface area contributed by atoms with E-state index in [4.69, 9.17) is 4.74 Å². The lowest BCUT2D eigenvalue weighted by molar-refractivity contribution is -0.385. The first-order chi connectivity index (χ1) is 14.0. The first kappa shape index (κ1) is 18.1. The zero-order chi connectivity index (χ0) is 20.4. The summed E-state index contributed by atoms with van der Waals surface area (Å²) in [6, 6.07) is 20.4. The molecule has 7 heteroatoms. The molecular weight excluding hydrogens is 372 g/mol. The highest BCUT2D eigenvalue weighted by Gasteiger charge is 2.24. The largest absolute Gasteiger partial charge is 0.872 e. The molecule has 0 atom stereocenters. The molecule has 0 aliphatic carbocycles. The van der Waals surface area contributed by atoms with Crippen molar-refractivity contribution >= 4 is 23.6 Å². The third-order valence-corrected chi connectivity index (χ3v) is 4.36. The molecule has 0 aromatic heterocycles. The highest BCUT2D eigenvalue weighted by molar-refractivity contribution is 6.13. The van der Waals surface area contributed by atoms with Crippen molar-refractivity contribution in [3.05, 3.63) is 99.7 Å². The lowest BCUT2D eigenvalue weighted by Gasteiger charge is -2.09. The second kappa shape index (κ2) is 7.40. The maximum atomic E-state index is 12.1. The van der Waals surface area contributed by atoms with Gasteiger partial charge in [0.25, 0.3) is 5.69 Å². The Hall–Kier alpha value is -4.26. The van der Waals surface area contributed by atoms with Crippen LogP contribution in [-0.2, 0) is 9.53 Å². The van der Waals surface area contributed by atoms with Crippen molar-refractivity contribution in [1.29, 1.82) is 0 Å². The van der Waals surface area contributed by atoms with Gasteiger partial charge in [-0.1, -0.05) is 48.5 Å². The Kier molecular flexibility index (Phi) is 4.62. The number of carbonyl (C=O) groups excluding carboxylic acids is 1. The highest BCUT2D eigenvalue weighted by Crippen LogP contribution is 2.26. The van der Waals surface area contributed by atoms with E-state index in [1.54, 1.807) is 12.1 Å². The smallest absolute Gasteiger partial charge is 0.363 e. The molecule has 0 fully saturated rings. The van der Waals surface area contributed by atoms with E-state index in [1.165, 1.54) is 6.08 Å². The molecule has 3 aromatic carbocycles. The van der Waals surface area contributed by atoms with Crippen molar-refractivity contribution in [3.8, 4) is 16.9 Å². The Morgan fingerprint density at radius 3 is 2.24 bits per heavy atom. The molecule has 0 N–H and O–H groups in total. The number of non-ortho nitro benzene ring substituents is 1. The second-order valence-electron chi connectivity index (χ2n) is 6.26.